The molecule has 0 spiro atoms. The number of hydrogen-bond donors (Lipinski definition) is 2. The smallest absolute Gasteiger partial charge is 0.329 e. The van der Waals surface area contributed by atoms with Gasteiger partial charge in [0.1, 0.15) is 0 Å². The van der Waals surface area contributed by atoms with Crippen LogP contribution in [0.1, 0.15) is 37.6 Å². The van der Waals surface area contributed by atoms with Gasteiger partial charge in [-0.15, -0.1) is 11.3 Å². The van der Waals surface area contributed by atoms with Crippen molar-refractivity contribution in [3.8, 4) is 0 Å². The van der Waals surface area contributed by atoms with Gasteiger partial charge in [-0.3, -0.25) is 5.32 Å². The maximum Gasteiger partial charge on any atom is 0.329 e. The fourth-order valence-electron chi connectivity index (χ4n) is 2.75. The SMILES string of the molecule is CC(C)C[C@]1(C(=O)O)N[C@H](C)Cc2ccsc21. The van der Waals surface area contributed by atoms with Crippen molar-refractivity contribution in [2.24, 2.45) is 5.92 Å². The molecule has 0 fully saturated rings. The molecule has 0 aromatic carbocycles. The Morgan fingerprint density at radius 1 is 1.71 bits per heavy atom. The van der Waals surface area contributed by atoms with Crippen LogP contribution in [0.2, 0.25) is 0 Å². The zero-order chi connectivity index (χ0) is 12.6. The molecule has 1 aliphatic rings. The first kappa shape index (κ1) is 12.6. The van der Waals surface area contributed by atoms with Gasteiger partial charge < -0.3 is 5.11 Å². The Kier molecular flexibility index (Phi) is 3.27. The molecule has 2 N–H and O–H groups in total. The van der Waals surface area contributed by atoms with Crippen LogP contribution in [0.5, 0.6) is 0 Å². The first-order valence-corrected chi connectivity index (χ1v) is 6.91. The minimum atomic E-state index is -0.880. The summed E-state index contributed by atoms with van der Waals surface area (Å²) in [6.45, 7) is 6.19. The molecule has 0 aliphatic carbocycles. The standard InChI is InChI=1S/C13H19NO2S/c1-8(2)7-13(12(15)16)11-10(4-5-17-11)6-9(3)14-13/h4-5,8-9,14H,6-7H2,1-3H3,(H,15,16)/t9-,13+/m1/s1. The minimum Gasteiger partial charge on any atom is -0.480 e. The second kappa shape index (κ2) is 4.42. The van der Waals surface area contributed by atoms with Crippen LogP contribution in [0, 0.1) is 5.92 Å². The van der Waals surface area contributed by atoms with Crippen molar-refractivity contribution in [3.05, 3.63) is 21.9 Å². The third kappa shape index (κ3) is 2.11. The highest BCUT2D eigenvalue weighted by atomic mass is 32.1. The quantitative estimate of drug-likeness (QED) is 0.870. The fourth-order valence-corrected chi connectivity index (χ4v) is 3.85. The van der Waals surface area contributed by atoms with Crippen molar-refractivity contribution in [2.45, 2.75) is 45.2 Å². The van der Waals surface area contributed by atoms with E-state index in [1.165, 1.54) is 5.56 Å². The Balaban J connectivity index is 2.49. The van der Waals surface area contributed by atoms with E-state index in [9.17, 15) is 9.90 Å². The van der Waals surface area contributed by atoms with Gasteiger partial charge in [-0.1, -0.05) is 13.8 Å². The molecule has 1 aromatic heterocycles. The highest BCUT2D eigenvalue weighted by Gasteiger charge is 2.46. The average Bonchev–Trinajstić information content (AvgIpc) is 2.64. The molecule has 4 heteroatoms. The van der Waals surface area contributed by atoms with Crippen LogP contribution in [0.15, 0.2) is 11.4 Å². The monoisotopic (exact) mass is 253 g/mol. The predicted octanol–water partition coefficient (Wildman–Crippen LogP) is 2.61. The van der Waals surface area contributed by atoms with Crippen molar-refractivity contribution in [3.63, 3.8) is 0 Å². The van der Waals surface area contributed by atoms with Crippen LogP contribution in [-0.4, -0.2) is 17.1 Å². The summed E-state index contributed by atoms with van der Waals surface area (Å²) in [5.74, 6) is -0.402. The minimum absolute atomic E-state index is 0.215. The molecule has 1 aromatic rings. The first-order valence-electron chi connectivity index (χ1n) is 6.03. The molecule has 0 amide bonds. The Morgan fingerprint density at radius 3 is 3.00 bits per heavy atom. The molecule has 0 unspecified atom stereocenters. The highest BCUT2D eigenvalue weighted by Crippen LogP contribution is 2.39. The molecule has 94 valence electrons. The lowest BCUT2D eigenvalue weighted by Crippen LogP contribution is -2.56. The molecule has 0 saturated heterocycles. The molecule has 0 saturated carbocycles. The number of carboxylic acid groups (broad SMARTS) is 1. The van der Waals surface area contributed by atoms with Crippen LogP contribution < -0.4 is 5.32 Å². The number of fused-ring (bicyclic) bond motifs is 1. The zero-order valence-electron chi connectivity index (χ0n) is 10.5. The number of aliphatic carboxylic acids is 1. The molecule has 3 nitrogen and oxygen atoms in total. The number of carboxylic acids is 1. The van der Waals surface area contributed by atoms with Crippen LogP contribution >= 0.6 is 11.3 Å². The van der Waals surface area contributed by atoms with Crippen LogP contribution in [0.4, 0.5) is 0 Å². The third-order valence-corrected chi connectivity index (χ3v) is 4.35. The topological polar surface area (TPSA) is 49.3 Å². The summed E-state index contributed by atoms with van der Waals surface area (Å²) in [6, 6.07) is 2.28. The molecule has 2 atom stereocenters. The molecule has 2 rings (SSSR count). The summed E-state index contributed by atoms with van der Waals surface area (Å²) in [5.41, 5.74) is 0.319. The molecular formula is C13H19NO2S. The Morgan fingerprint density at radius 2 is 2.41 bits per heavy atom. The summed E-state index contributed by atoms with van der Waals surface area (Å²) in [6.07, 6.45) is 1.56. The number of carbonyl (C=O) groups is 1. The third-order valence-electron chi connectivity index (χ3n) is 3.23. The number of thiophene rings is 1. The lowest BCUT2D eigenvalue weighted by atomic mass is 9.81. The van der Waals surface area contributed by atoms with E-state index in [0.717, 1.165) is 11.3 Å². The lowest BCUT2D eigenvalue weighted by Gasteiger charge is -2.39. The number of nitrogens with one attached hydrogen (secondary N) is 1. The van der Waals surface area contributed by atoms with Gasteiger partial charge >= 0.3 is 5.97 Å². The van der Waals surface area contributed by atoms with E-state index in [1.54, 1.807) is 11.3 Å². The molecular weight excluding hydrogens is 234 g/mol. The van der Waals surface area contributed by atoms with Gasteiger partial charge in [-0.2, -0.15) is 0 Å². The average molecular weight is 253 g/mol. The Hall–Kier alpha value is -0.870. The van der Waals surface area contributed by atoms with E-state index in [-0.39, 0.29) is 6.04 Å². The van der Waals surface area contributed by atoms with Gasteiger partial charge in [0.15, 0.2) is 5.54 Å². The molecule has 0 bridgehead atoms. The number of rotatable bonds is 3. The summed E-state index contributed by atoms with van der Waals surface area (Å²) in [4.78, 5) is 12.8. The summed E-state index contributed by atoms with van der Waals surface area (Å²) >= 11 is 1.56. The van der Waals surface area contributed by atoms with E-state index < -0.39 is 11.5 Å². The second-order valence-corrected chi connectivity index (χ2v) is 6.25. The zero-order valence-corrected chi connectivity index (χ0v) is 11.3. The van der Waals surface area contributed by atoms with Crippen LogP contribution in [0.3, 0.4) is 0 Å². The maximum atomic E-state index is 11.8. The van der Waals surface area contributed by atoms with Crippen LogP contribution in [-0.2, 0) is 16.8 Å². The van der Waals surface area contributed by atoms with E-state index in [1.807, 2.05) is 5.38 Å². The van der Waals surface area contributed by atoms with Gasteiger partial charge in [-0.25, -0.2) is 4.79 Å². The van der Waals surface area contributed by atoms with Crippen molar-refractivity contribution in [1.29, 1.82) is 0 Å². The van der Waals surface area contributed by atoms with Gasteiger partial charge in [0.25, 0.3) is 0 Å². The Labute approximate surface area is 106 Å². The van der Waals surface area contributed by atoms with E-state index in [4.69, 9.17) is 0 Å². The predicted molar refractivity (Wildman–Crippen MR) is 69.4 cm³/mol. The van der Waals surface area contributed by atoms with E-state index in [2.05, 4.69) is 32.2 Å². The van der Waals surface area contributed by atoms with Gasteiger partial charge in [0.05, 0.1) is 0 Å². The summed E-state index contributed by atoms with van der Waals surface area (Å²) < 4.78 is 0. The van der Waals surface area contributed by atoms with Crippen molar-refractivity contribution in [1.82, 2.24) is 5.32 Å². The van der Waals surface area contributed by atoms with E-state index in [0.29, 0.717) is 12.3 Å². The number of hydrogen-bond acceptors (Lipinski definition) is 3. The molecule has 2 heterocycles. The maximum absolute atomic E-state index is 11.8. The van der Waals surface area contributed by atoms with Crippen LogP contribution in [0.25, 0.3) is 0 Å². The molecule has 0 radical (unpaired) electrons. The fraction of sp³-hybridized carbons (Fsp3) is 0.615. The van der Waals surface area contributed by atoms with E-state index >= 15 is 0 Å². The molecule has 17 heavy (non-hydrogen) atoms. The summed E-state index contributed by atoms with van der Waals surface area (Å²) in [7, 11) is 0. The first-order chi connectivity index (χ1) is 7.95. The Bertz CT molecular complexity index is 427. The highest BCUT2D eigenvalue weighted by molar-refractivity contribution is 7.10. The largest absolute Gasteiger partial charge is 0.480 e. The summed E-state index contributed by atoms with van der Waals surface area (Å²) in [5, 5.41) is 15.0. The normalized spacial score (nSPS) is 28.1. The molecule has 1 aliphatic heterocycles. The second-order valence-electron chi connectivity index (χ2n) is 5.33. The van der Waals surface area contributed by atoms with Crippen molar-refractivity contribution >= 4 is 17.3 Å². The van der Waals surface area contributed by atoms with Gasteiger partial charge in [0, 0.05) is 10.9 Å². The van der Waals surface area contributed by atoms with Crippen molar-refractivity contribution in [2.75, 3.05) is 0 Å². The van der Waals surface area contributed by atoms with Gasteiger partial charge in [0.2, 0.25) is 0 Å². The van der Waals surface area contributed by atoms with Crippen molar-refractivity contribution < 1.29 is 9.90 Å². The van der Waals surface area contributed by atoms with Gasteiger partial charge in [-0.05, 0) is 42.7 Å². The lowest BCUT2D eigenvalue weighted by molar-refractivity contribution is -0.146.